The van der Waals surface area contributed by atoms with Crippen LogP contribution in [0.1, 0.15) is 22.9 Å². The van der Waals surface area contributed by atoms with E-state index in [4.69, 9.17) is 4.42 Å². The van der Waals surface area contributed by atoms with Gasteiger partial charge in [0.15, 0.2) is 0 Å². The standard InChI is InChI=1S/C17H15F2NO/c1-10-4-3-5-11-8-15(21-17(10)11)16(20-2)12-6-13(18)9-14(19)7-12/h3-9,16,20H,1-2H3. The number of hydrogen-bond donors (Lipinski definition) is 1. The highest BCUT2D eigenvalue weighted by Crippen LogP contribution is 2.30. The molecule has 0 fully saturated rings. The number of para-hydroxylation sites is 1. The Labute approximate surface area is 121 Å². The Kier molecular flexibility index (Phi) is 3.47. The summed E-state index contributed by atoms with van der Waals surface area (Å²) in [5, 5.41) is 4.02. The third-order valence-corrected chi connectivity index (χ3v) is 3.55. The largest absolute Gasteiger partial charge is 0.459 e. The Morgan fingerprint density at radius 3 is 2.38 bits per heavy atom. The molecule has 0 amide bonds. The molecule has 1 heterocycles. The van der Waals surface area contributed by atoms with Crippen LogP contribution in [-0.2, 0) is 0 Å². The van der Waals surface area contributed by atoms with E-state index in [0.29, 0.717) is 11.3 Å². The summed E-state index contributed by atoms with van der Waals surface area (Å²) in [5.74, 6) is -0.568. The molecule has 1 N–H and O–H groups in total. The van der Waals surface area contributed by atoms with Crippen molar-refractivity contribution in [2.45, 2.75) is 13.0 Å². The predicted octanol–water partition coefficient (Wildman–Crippen LogP) is 4.33. The van der Waals surface area contributed by atoms with E-state index in [0.717, 1.165) is 22.6 Å². The lowest BCUT2D eigenvalue weighted by molar-refractivity contribution is 0.486. The van der Waals surface area contributed by atoms with Gasteiger partial charge in [0.25, 0.3) is 0 Å². The summed E-state index contributed by atoms with van der Waals surface area (Å²) in [5.41, 5.74) is 2.32. The molecular formula is C17H15F2NO. The zero-order chi connectivity index (χ0) is 15.0. The van der Waals surface area contributed by atoms with Crippen LogP contribution in [0.2, 0.25) is 0 Å². The lowest BCUT2D eigenvalue weighted by atomic mass is 10.0. The first kappa shape index (κ1) is 13.8. The number of benzene rings is 2. The molecule has 108 valence electrons. The average molecular weight is 287 g/mol. The molecule has 0 saturated carbocycles. The van der Waals surface area contributed by atoms with E-state index in [2.05, 4.69) is 5.32 Å². The number of hydrogen-bond acceptors (Lipinski definition) is 2. The summed E-state index contributed by atoms with van der Waals surface area (Å²) in [6.45, 7) is 1.96. The smallest absolute Gasteiger partial charge is 0.137 e. The first-order valence-corrected chi connectivity index (χ1v) is 6.71. The summed E-state index contributed by atoms with van der Waals surface area (Å²) in [7, 11) is 1.73. The second-order valence-electron chi connectivity index (χ2n) is 5.07. The lowest BCUT2D eigenvalue weighted by Gasteiger charge is -2.14. The molecule has 0 spiro atoms. The van der Waals surface area contributed by atoms with E-state index in [1.54, 1.807) is 7.05 Å². The highest BCUT2D eigenvalue weighted by Gasteiger charge is 2.19. The number of halogens is 2. The third-order valence-electron chi connectivity index (χ3n) is 3.55. The number of furan rings is 1. The van der Waals surface area contributed by atoms with Gasteiger partial charge in [0.2, 0.25) is 0 Å². The lowest BCUT2D eigenvalue weighted by Crippen LogP contribution is -2.17. The van der Waals surface area contributed by atoms with Gasteiger partial charge in [-0.2, -0.15) is 0 Å². The van der Waals surface area contributed by atoms with Gasteiger partial charge in [0, 0.05) is 11.5 Å². The van der Waals surface area contributed by atoms with Crippen LogP contribution in [0.3, 0.4) is 0 Å². The van der Waals surface area contributed by atoms with E-state index in [1.165, 1.54) is 12.1 Å². The van der Waals surface area contributed by atoms with Gasteiger partial charge in [-0.25, -0.2) is 8.78 Å². The molecule has 0 aliphatic heterocycles. The van der Waals surface area contributed by atoms with Crippen molar-refractivity contribution in [3.8, 4) is 0 Å². The molecular weight excluding hydrogens is 272 g/mol. The molecule has 0 radical (unpaired) electrons. The van der Waals surface area contributed by atoms with E-state index in [1.807, 2.05) is 31.2 Å². The van der Waals surface area contributed by atoms with Gasteiger partial charge in [-0.1, -0.05) is 18.2 Å². The van der Waals surface area contributed by atoms with Crippen LogP contribution >= 0.6 is 0 Å². The maximum Gasteiger partial charge on any atom is 0.137 e. The maximum absolute atomic E-state index is 13.4. The van der Waals surface area contributed by atoms with Crippen molar-refractivity contribution < 1.29 is 13.2 Å². The van der Waals surface area contributed by atoms with Gasteiger partial charge in [-0.3, -0.25) is 0 Å². The number of nitrogens with one attached hydrogen (secondary N) is 1. The number of rotatable bonds is 3. The van der Waals surface area contributed by atoms with Crippen LogP contribution in [0, 0.1) is 18.6 Å². The van der Waals surface area contributed by atoms with Crippen LogP contribution in [0.15, 0.2) is 46.9 Å². The number of aryl methyl sites for hydroxylation is 1. The first-order chi connectivity index (χ1) is 10.1. The van der Waals surface area contributed by atoms with Crippen molar-refractivity contribution >= 4 is 11.0 Å². The Morgan fingerprint density at radius 2 is 1.76 bits per heavy atom. The van der Waals surface area contributed by atoms with Crippen molar-refractivity contribution in [2.24, 2.45) is 0 Å². The van der Waals surface area contributed by atoms with Crippen LogP contribution in [0.5, 0.6) is 0 Å². The monoisotopic (exact) mass is 287 g/mol. The SMILES string of the molecule is CNC(c1cc(F)cc(F)c1)c1cc2cccc(C)c2o1. The summed E-state index contributed by atoms with van der Waals surface area (Å²) in [6, 6.07) is 10.8. The summed E-state index contributed by atoms with van der Waals surface area (Å²) >= 11 is 0. The second-order valence-corrected chi connectivity index (χ2v) is 5.07. The van der Waals surface area contributed by atoms with E-state index in [9.17, 15) is 8.78 Å². The van der Waals surface area contributed by atoms with Crippen LogP contribution in [0.25, 0.3) is 11.0 Å². The summed E-state index contributed by atoms with van der Waals surface area (Å²) in [6.07, 6.45) is 0. The van der Waals surface area contributed by atoms with Crippen LogP contribution < -0.4 is 5.32 Å². The molecule has 2 nitrogen and oxygen atoms in total. The van der Waals surface area contributed by atoms with Crippen LogP contribution in [0.4, 0.5) is 8.78 Å². The molecule has 0 aliphatic rings. The molecule has 1 atom stereocenters. The topological polar surface area (TPSA) is 25.2 Å². The van der Waals surface area contributed by atoms with Gasteiger partial charge in [-0.15, -0.1) is 0 Å². The van der Waals surface area contributed by atoms with E-state index < -0.39 is 17.7 Å². The van der Waals surface area contributed by atoms with Crippen molar-refractivity contribution in [1.29, 1.82) is 0 Å². The summed E-state index contributed by atoms with van der Waals surface area (Å²) < 4.78 is 32.7. The van der Waals surface area contributed by atoms with Gasteiger partial charge < -0.3 is 9.73 Å². The van der Waals surface area contributed by atoms with Gasteiger partial charge in [-0.05, 0) is 43.3 Å². The zero-order valence-electron chi connectivity index (χ0n) is 11.8. The molecule has 3 aromatic rings. The molecule has 1 aromatic heterocycles. The fourth-order valence-electron chi connectivity index (χ4n) is 2.59. The maximum atomic E-state index is 13.4. The molecule has 3 rings (SSSR count). The minimum absolute atomic E-state index is 0.401. The fourth-order valence-corrected chi connectivity index (χ4v) is 2.59. The van der Waals surface area contributed by atoms with E-state index >= 15 is 0 Å². The molecule has 2 aromatic carbocycles. The number of fused-ring (bicyclic) bond motifs is 1. The van der Waals surface area contributed by atoms with Crippen LogP contribution in [-0.4, -0.2) is 7.05 Å². The molecule has 0 bridgehead atoms. The van der Waals surface area contributed by atoms with Crippen molar-refractivity contribution in [2.75, 3.05) is 7.05 Å². The third kappa shape index (κ3) is 2.54. The fraction of sp³-hybridized carbons (Fsp3) is 0.176. The highest BCUT2D eigenvalue weighted by molar-refractivity contribution is 5.81. The molecule has 21 heavy (non-hydrogen) atoms. The Hall–Kier alpha value is -2.20. The summed E-state index contributed by atoms with van der Waals surface area (Å²) in [4.78, 5) is 0. The quantitative estimate of drug-likeness (QED) is 0.775. The Balaban J connectivity index is 2.11. The van der Waals surface area contributed by atoms with Gasteiger partial charge in [0.05, 0.1) is 6.04 Å². The normalized spacial score (nSPS) is 12.8. The first-order valence-electron chi connectivity index (χ1n) is 6.71. The zero-order valence-corrected chi connectivity index (χ0v) is 11.8. The van der Waals surface area contributed by atoms with Crippen molar-refractivity contribution in [3.63, 3.8) is 0 Å². The minimum Gasteiger partial charge on any atom is -0.459 e. The minimum atomic E-state index is -0.599. The molecule has 0 aliphatic carbocycles. The van der Waals surface area contributed by atoms with Gasteiger partial charge in [0.1, 0.15) is 23.0 Å². The van der Waals surface area contributed by atoms with Gasteiger partial charge >= 0.3 is 0 Å². The molecule has 1 unspecified atom stereocenters. The van der Waals surface area contributed by atoms with Crippen molar-refractivity contribution in [3.05, 3.63) is 71.0 Å². The highest BCUT2D eigenvalue weighted by atomic mass is 19.1. The molecule has 0 saturated heterocycles. The average Bonchev–Trinajstić information content (AvgIpc) is 2.83. The second kappa shape index (κ2) is 5.30. The van der Waals surface area contributed by atoms with Crippen molar-refractivity contribution in [1.82, 2.24) is 5.32 Å². The molecule has 4 heteroatoms. The van der Waals surface area contributed by atoms with E-state index in [-0.39, 0.29) is 0 Å². The Morgan fingerprint density at radius 1 is 1.05 bits per heavy atom. The Bertz CT molecular complexity index is 774. The predicted molar refractivity (Wildman–Crippen MR) is 78.2 cm³/mol.